The number of nitrogens with zero attached hydrogens (tertiary/aromatic N) is 2. The van der Waals surface area contributed by atoms with Crippen LogP contribution in [0.25, 0.3) is 0 Å². The SMILES string of the molecule is CCC(=O)N(C)C(Cc1ccccc1)c1ccccn1. The molecule has 0 aliphatic carbocycles. The zero-order valence-electron chi connectivity index (χ0n) is 12.0. The number of hydrogen-bond donors (Lipinski definition) is 0. The van der Waals surface area contributed by atoms with Gasteiger partial charge in [0.2, 0.25) is 5.91 Å². The maximum absolute atomic E-state index is 12.0. The number of pyridine rings is 1. The Balaban J connectivity index is 2.27. The van der Waals surface area contributed by atoms with Gasteiger partial charge in [-0.2, -0.15) is 0 Å². The van der Waals surface area contributed by atoms with E-state index in [4.69, 9.17) is 0 Å². The molecule has 1 heterocycles. The van der Waals surface area contributed by atoms with E-state index in [0.29, 0.717) is 6.42 Å². The Labute approximate surface area is 120 Å². The summed E-state index contributed by atoms with van der Waals surface area (Å²) in [5.74, 6) is 0.136. The van der Waals surface area contributed by atoms with Gasteiger partial charge in [-0.1, -0.05) is 43.3 Å². The van der Waals surface area contributed by atoms with Crippen LogP contribution in [-0.4, -0.2) is 22.8 Å². The summed E-state index contributed by atoms with van der Waals surface area (Å²) in [6.07, 6.45) is 3.06. The van der Waals surface area contributed by atoms with Crippen LogP contribution in [0.5, 0.6) is 0 Å². The van der Waals surface area contributed by atoms with Crippen molar-refractivity contribution >= 4 is 5.91 Å². The van der Waals surface area contributed by atoms with Gasteiger partial charge in [0.1, 0.15) is 0 Å². The van der Waals surface area contributed by atoms with Crippen LogP contribution in [-0.2, 0) is 11.2 Å². The first-order valence-corrected chi connectivity index (χ1v) is 6.93. The summed E-state index contributed by atoms with van der Waals surface area (Å²) in [6.45, 7) is 1.89. The number of aromatic nitrogens is 1. The van der Waals surface area contributed by atoms with E-state index in [1.165, 1.54) is 5.56 Å². The lowest BCUT2D eigenvalue weighted by molar-refractivity contribution is -0.131. The Morgan fingerprint density at radius 3 is 2.45 bits per heavy atom. The summed E-state index contributed by atoms with van der Waals surface area (Å²) in [4.78, 5) is 18.2. The molecule has 104 valence electrons. The van der Waals surface area contributed by atoms with Crippen molar-refractivity contribution in [2.45, 2.75) is 25.8 Å². The van der Waals surface area contributed by atoms with Gasteiger partial charge < -0.3 is 4.90 Å². The van der Waals surface area contributed by atoms with Gasteiger partial charge in [-0.25, -0.2) is 0 Å². The second-order valence-corrected chi connectivity index (χ2v) is 4.82. The summed E-state index contributed by atoms with van der Waals surface area (Å²) in [5, 5.41) is 0. The molecule has 0 radical (unpaired) electrons. The molecule has 0 saturated carbocycles. The number of carbonyl (C=O) groups is 1. The zero-order valence-corrected chi connectivity index (χ0v) is 12.0. The Kier molecular flexibility index (Phi) is 4.88. The first-order valence-electron chi connectivity index (χ1n) is 6.93. The summed E-state index contributed by atoms with van der Waals surface area (Å²) >= 11 is 0. The third kappa shape index (κ3) is 3.44. The molecule has 1 aromatic heterocycles. The Hall–Kier alpha value is -2.16. The molecule has 0 saturated heterocycles. The van der Waals surface area contributed by atoms with Gasteiger partial charge in [-0.05, 0) is 24.1 Å². The molecule has 3 heteroatoms. The van der Waals surface area contributed by atoms with Crippen LogP contribution in [0.1, 0.15) is 30.6 Å². The second-order valence-electron chi connectivity index (χ2n) is 4.82. The van der Waals surface area contributed by atoms with Gasteiger partial charge in [0, 0.05) is 19.7 Å². The van der Waals surface area contributed by atoms with E-state index in [9.17, 15) is 4.79 Å². The van der Waals surface area contributed by atoms with Crippen LogP contribution in [0.2, 0.25) is 0 Å². The molecule has 1 atom stereocenters. The molecule has 1 aromatic carbocycles. The molecular formula is C17H20N2O. The number of carbonyl (C=O) groups excluding carboxylic acids is 1. The maximum Gasteiger partial charge on any atom is 0.222 e. The Morgan fingerprint density at radius 1 is 1.15 bits per heavy atom. The number of likely N-dealkylation sites (N-methyl/N-ethyl adjacent to an activating group) is 1. The maximum atomic E-state index is 12.0. The zero-order chi connectivity index (χ0) is 14.4. The molecule has 0 spiro atoms. The monoisotopic (exact) mass is 268 g/mol. The predicted octanol–water partition coefficient (Wildman–Crippen LogP) is 3.23. The highest BCUT2D eigenvalue weighted by Crippen LogP contribution is 2.23. The average molecular weight is 268 g/mol. The van der Waals surface area contributed by atoms with Crippen LogP contribution >= 0.6 is 0 Å². The minimum Gasteiger partial charge on any atom is -0.337 e. The second kappa shape index (κ2) is 6.85. The Morgan fingerprint density at radius 2 is 1.85 bits per heavy atom. The molecular weight excluding hydrogens is 248 g/mol. The highest BCUT2D eigenvalue weighted by atomic mass is 16.2. The molecule has 1 amide bonds. The quantitative estimate of drug-likeness (QED) is 0.834. The number of amides is 1. The van der Waals surface area contributed by atoms with Crippen molar-refractivity contribution in [1.29, 1.82) is 0 Å². The molecule has 0 fully saturated rings. The summed E-state index contributed by atoms with van der Waals surface area (Å²) < 4.78 is 0. The fourth-order valence-electron chi connectivity index (χ4n) is 2.27. The molecule has 0 aliphatic rings. The lowest BCUT2D eigenvalue weighted by atomic mass is 10.0. The molecule has 0 aliphatic heterocycles. The van der Waals surface area contributed by atoms with Gasteiger partial charge in [0.15, 0.2) is 0 Å². The molecule has 20 heavy (non-hydrogen) atoms. The Bertz CT molecular complexity index is 539. The van der Waals surface area contributed by atoms with E-state index in [1.807, 2.05) is 50.4 Å². The van der Waals surface area contributed by atoms with Gasteiger partial charge >= 0.3 is 0 Å². The van der Waals surface area contributed by atoms with Crippen molar-refractivity contribution in [3.8, 4) is 0 Å². The topological polar surface area (TPSA) is 33.2 Å². The normalized spacial score (nSPS) is 11.9. The fraction of sp³-hybridized carbons (Fsp3) is 0.294. The van der Waals surface area contributed by atoms with Gasteiger partial charge in [0.25, 0.3) is 0 Å². The number of hydrogen-bond acceptors (Lipinski definition) is 2. The van der Waals surface area contributed by atoms with Crippen molar-refractivity contribution in [3.05, 3.63) is 66.0 Å². The van der Waals surface area contributed by atoms with Crippen LogP contribution in [0.3, 0.4) is 0 Å². The van der Waals surface area contributed by atoms with E-state index in [0.717, 1.165) is 12.1 Å². The molecule has 1 unspecified atom stereocenters. The van der Waals surface area contributed by atoms with Crippen LogP contribution in [0.15, 0.2) is 54.7 Å². The number of benzene rings is 1. The minimum absolute atomic E-state index is 0.0222. The largest absolute Gasteiger partial charge is 0.337 e. The van der Waals surface area contributed by atoms with Gasteiger partial charge in [0.05, 0.1) is 11.7 Å². The summed E-state index contributed by atoms with van der Waals surface area (Å²) in [5.41, 5.74) is 2.14. The van der Waals surface area contributed by atoms with Gasteiger partial charge in [-0.15, -0.1) is 0 Å². The van der Waals surface area contributed by atoms with Crippen molar-refractivity contribution in [3.63, 3.8) is 0 Å². The molecule has 3 nitrogen and oxygen atoms in total. The van der Waals surface area contributed by atoms with Gasteiger partial charge in [-0.3, -0.25) is 9.78 Å². The molecule has 2 aromatic rings. The first kappa shape index (κ1) is 14.3. The molecule has 0 bridgehead atoms. The van der Waals surface area contributed by atoms with E-state index >= 15 is 0 Å². The lowest BCUT2D eigenvalue weighted by Crippen LogP contribution is -2.32. The fourth-order valence-corrected chi connectivity index (χ4v) is 2.27. The smallest absolute Gasteiger partial charge is 0.222 e. The highest BCUT2D eigenvalue weighted by Gasteiger charge is 2.21. The first-order chi connectivity index (χ1) is 9.72. The van der Waals surface area contributed by atoms with E-state index in [2.05, 4.69) is 17.1 Å². The average Bonchev–Trinajstić information content (AvgIpc) is 2.53. The predicted molar refractivity (Wildman–Crippen MR) is 80.2 cm³/mol. The van der Waals surface area contributed by atoms with Crippen LogP contribution in [0.4, 0.5) is 0 Å². The third-order valence-electron chi connectivity index (χ3n) is 3.46. The summed E-state index contributed by atoms with van der Waals surface area (Å²) in [6, 6.07) is 16.0. The highest BCUT2D eigenvalue weighted by molar-refractivity contribution is 5.76. The number of rotatable bonds is 5. The summed E-state index contributed by atoms with van der Waals surface area (Å²) in [7, 11) is 1.86. The lowest BCUT2D eigenvalue weighted by Gasteiger charge is -2.27. The third-order valence-corrected chi connectivity index (χ3v) is 3.46. The molecule has 0 N–H and O–H groups in total. The van der Waals surface area contributed by atoms with Crippen molar-refractivity contribution in [2.75, 3.05) is 7.05 Å². The van der Waals surface area contributed by atoms with E-state index < -0.39 is 0 Å². The van der Waals surface area contributed by atoms with E-state index in [1.54, 1.807) is 11.1 Å². The van der Waals surface area contributed by atoms with E-state index in [-0.39, 0.29) is 11.9 Å². The van der Waals surface area contributed by atoms with Crippen LogP contribution in [0, 0.1) is 0 Å². The van der Waals surface area contributed by atoms with Crippen molar-refractivity contribution in [1.82, 2.24) is 9.88 Å². The van der Waals surface area contributed by atoms with Crippen molar-refractivity contribution in [2.24, 2.45) is 0 Å². The van der Waals surface area contributed by atoms with Crippen molar-refractivity contribution < 1.29 is 4.79 Å². The molecule has 2 rings (SSSR count). The minimum atomic E-state index is -0.0222. The van der Waals surface area contributed by atoms with Crippen LogP contribution < -0.4 is 0 Å². The standard InChI is InChI=1S/C17H20N2O/c1-3-17(20)19(2)16(15-11-7-8-12-18-15)13-14-9-5-4-6-10-14/h4-12,16H,3,13H2,1-2H3.